The topological polar surface area (TPSA) is 115 Å². The minimum atomic E-state index is -3.77. The predicted octanol–water partition coefficient (Wildman–Crippen LogP) is 2.92. The van der Waals surface area contributed by atoms with Crippen LogP contribution in [0.5, 0.6) is 0 Å². The minimum absolute atomic E-state index is 0.108. The number of anilines is 2. The van der Waals surface area contributed by atoms with E-state index >= 15 is 0 Å². The highest BCUT2D eigenvalue weighted by Crippen LogP contribution is 2.21. The van der Waals surface area contributed by atoms with E-state index in [1.54, 1.807) is 54.4 Å². The number of benzene rings is 2. The van der Waals surface area contributed by atoms with Gasteiger partial charge < -0.3 is 5.32 Å². The summed E-state index contributed by atoms with van der Waals surface area (Å²) >= 11 is 1.08. The highest BCUT2D eigenvalue weighted by Gasteiger charge is 2.20. The number of thiazole rings is 1. The van der Waals surface area contributed by atoms with E-state index in [9.17, 15) is 18.0 Å². The van der Waals surface area contributed by atoms with Crippen molar-refractivity contribution in [2.75, 3.05) is 10.0 Å². The van der Waals surface area contributed by atoms with Gasteiger partial charge in [-0.15, -0.1) is 11.3 Å². The summed E-state index contributed by atoms with van der Waals surface area (Å²) in [4.78, 5) is 29.9. The molecule has 0 unspecified atom stereocenters. The Bertz CT molecular complexity index is 1460. The lowest BCUT2D eigenvalue weighted by molar-refractivity contribution is -0.115. The predicted molar refractivity (Wildman–Crippen MR) is 127 cm³/mol. The van der Waals surface area contributed by atoms with Gasteiger partial charge in [0.05, 0.1) is 28.4 Å². The summed E-state index contributed by atoms with van der Waals surface area (Å²) in [5, 5.41) is 4.43. The molecule has 0 fully saturated rings. The van der Waals surface area contributed by atoms with Gasteiger partial charge in [0.25, 0.3) is 15.6 Å². The maximum atomic E-state index is 12.9. The Labute approximate surface area is 194 Å². The molecule has 0 aliphatic carbocycles. The Morgan fingerprint density at radius 1 is 1.06 bits per heavy atom. The second-order valence-electron chi connectivity index (χ2n) is 7.22. The molecule has 2 aromatic carbocycles. The van der Waals surface area contributed by atoms with E-state index in [0.29, 0.717) is 17.1 Å². The molecule has 170 valence electrons. The quantitative estimate of drug-likeness (QED) is 0.419. The third-order valence-electron chi connectivity index (χ3n) is 4.99. The van der Waals surface area contributed by atoms with Crippen LogP contribution < -0.4 is 15.6 Å². The van der Waals surface area contributed by atoms with Gasteiger partial charge in [-0.1, -0.05) is 36.4 Å². The van der Waals surface area contributed by atoms with Crippen molar-refractivity contribution < 1.29 is 13.2 Å². The number of nitrogens with one attached hydrogen (secondary N) is 2. The second-order valence-corrected chi connectivity index (χ2v) is 9.76. The molecule has 33 heavy (non-hydrogen) atoms. The van der Waals surface area contributed by atoms with E-state index < -0.39 is 15.9 Å². The summed E-state index contributed by atoms with van der Waals surface area (Å²) in [5.41, 5.74) is 1.52. The Kier molecular flexibility index (Phi) is 6.16. The monoisotopic (exact) mass is 483 g/mol. The second kappa shape index (κ2) is 9.04. The maximum Gasteiger partial charge on any atom is 0.295 e. The number of sulfonamides is 1. The first-order valence-corrected chi connectivity index (χ1v) is 12.3. The number of nitrogens with zero attached hydrogens (tertiary/aromatic N) is 3. The molecular formula is C22H21N5O4S2. The van der Waals surface area contributed by atoms with Gasteiger partial charge in [0.15, 0.2) is 5.13 Å². The highest BCUT2D eigenvalue weighted by atomic mass is 32.2. The van der Waals surface area contributed by atoms with Crippen molar-refractivity contribution in [1.29, 1.82) is 0 Å². The van der Waals surface area contributed by atoms with Crippen LogP contribution >= 0.6 is 11.3 Å². The molecule has 11 heteroatoms. The molecule has 9 nitrogen and oxygen atoms in total. The Hall–Kier alpha value is -3.70. The number of rotatable bonds is 7. The van der Waals surface area contributed by atoms with Gasteiger partial charge in [0, 0.05) is 12.4 Å². The van der Waals surface area contributed by atoms with Gasteiger partial charge in [-0.25, -0.2) is 18.1 Å². The minimum Gasteiger partial charge on any atom is -0.320 e. The summed E-state index contributed by atoms with van der Waals surface area (Å²) < 4.78 is 30.4. The number of carbonyl (C=O) groups is 1. The largest absolute Gasteiger partial charge is 0.320 e. The number of hydrogen-bond donors (Lipinski definition) is 2. The third kappa shape index (κ3) is 4.73. The maximum absolute atomic E-state index is 12.9. The molecule has 0 radical (unpaired) electrons. The van der Waals surface area contributed by atoms with Crippen LogP contribution in [0.15, 0.2) is 75.7 Å². The first-order chi connectivity index (χ1) is 15.8. The average Bonchev–Trinajstić information content (AvgIpc) is 3.31. The molecule has 4 rings (SSSR count). The molecule has 0 aliphatic rings. The number of amides is 1. The van der Waals surface area contributed by atoms with E-state index in [1.807, 2.05) is 18.2 Å². The van der Waals surface area contributed by atoms with Crippen LogP contribution in [0.25, 0.3) is 5.69 Å². The number of hydrogen-bond acceptors (Lipinski definition) is 6. The van der Waals surface area contributed by atoms with Crippen LogP contribution in [0, 0.1) is 6.92 Å². The molecule has 0 atom stereocenters. The highest BCUT2D eigenvalue weighted by molar-refractivity contribution is 7.93. The Balaban J connectivity index is 1.48. The molecule has 1 amide bonds. The van der Waals surface area contributed by atoms with Crippen molar-refractivity contribution in [2.45, 2.75) is 18.2 Å². The summed E-state index contributed by atoms with van der Waals surface area (Å²) in [6.45, 7) is 1.75. The third-order valence-corrected chi connectivity index (χ3v) is 7.28. The lowest BCUT2D eigenvalue weighted by Gasteiger charge is -2.07. The van der Waals surface area contributed by atoms with Crippen molar-refractivity contribution in [3.8, 4) is 5.69 Å². The molecule has 0 aliphatic heterocycles. The average molecular weight is 484 g/mol. The number of para-hydroxylation sites is 1. The van der Waals surface area contributed by atoms with E-state index in [2.05, 4.69) is 15.0 Å². The van der Waals surface area contributed by atoms with Crippen molar-refractivity contribution in [3.63, 3.8) is 0 Å². The standard InChI is InChI=1S/C22H21N5O4S2/c1-15-20(21(29)27(26(15)2)17-9-5-3-6-10-17)24-19(28)13-16-14-32-22(23-16)25-33(30,31)18-11-7-4-8-12-18/h3-12,14H,13H2,1-2H3,(H,23,25)(H,24,28). The van der Waals surface area contributed by atoms with Crippen LogP contribution in [-0.2, 0) is 28.3 Å². The first kappa shape index (κ1) is 22.5. The van der Waals surface area contributed by atoms with Crippen LogP contribution in [0.4, 0.5) is 10.8 Å². The van der Waals surface area contributed by atoms with E-state index in [0.717, 1.165) is 11.3 Å². The zero-order chi connectivity index (χ0) is 23.6. The van der Waals surface area contributed by atoms with Crippen molar-refractivity contribution in [1.82, 2.24) is 14.3 Å². The fraction of sp³-hybridized carbons (Fsp3) is 0.136. The van der Waals surface area contributed by atoms with Crippen LogP contribution in [0.2, 0.25) is 0 Å². The molecule has 0 saturated carbocycles. The van der Waals surface area contributed by atoms with Gasteiger partial charge in [-0.05, 0) is 31.2 Å². The van der Waals surface area contributed by atoms with Crippen molar-refractivity contribution >= 4 is 38.1 Å². The smallest absolute Gasteiger partial charge is 0.295 e. The normalized spacial score (nSPS) is 11.3. The summed E-state index contributed by atoms with van der Waals surface area (Å²) in [6, 6.07) is 17.1. The van der Waals surface area contributed by atoms with E-state index in [4.69, 9.17) is 0 Å². The SMILES string of the molecule is Cc1c(NC(=O)Cc2csc(NS(=O)(=O)c3ccccc3)n2)c(=O)n(-c2ccccc2)n1C. The zero-order valence-electron chi connectivity index (χ0n) is 17.8. The van der Waals surface area contributed by atoms with Crippen molar-refractivity contribution in [3.05, 3.63) is 87.8 Å². The molecule has 4 aromatic rings. The molecular weight excluding hydrogens is 462 g/mol. The van der Waals surface area contributed by atoms with Gasteiger partial charge >= 0.3 is 0 Å². The lowest BCUT2D eigenvalue weighted by Crippen LogP contribution is -2.23. The van der Waals surface area contributed by atoms with Crippen molar-refractivity contribution in [2.24, 2.45) is 7.05 Å². The van der Waals surface area contributed by atoms with Gasteiger partial charge in [0.1, 0.15) is 5.69 Å². The molecule has 0 bridgehead atoms. The van der Waals surface area contributed by atoms with E-state index in [1.165, 1.54) is 16.8 Å². The Morgan fingerprint density at radius 2 is 1.70 bits per heavy atom. The zero-order valence-corrected chi connectivity index (χ0v) is 19.5. The molecule has 0 saturated heterocycles. The molecule has 2 heterocycles. The number of carbonyl (C=O) groups excluding carboxylic acids is 1. The summed E-state index contributed by atoms with van der Waals surface area (Å²) in [7, 11) is -2.03. The molecule has 0 spiro atoms. The lowest BCUT2D eigenvalue weighted by atomic mass is 10.3. The van der Waals surface area contributed by atoms with E-state index in [-0.39, 0.29) is 27.7 Å². The summed E-state index contributed by atoms with van der Waals surface area (Å²) in [6.07, 6.45) is -0.108. The molecule has 2 aromatic heterocycles. The molecule has 2 N–H and O–H groups in total. The van der Waals surface area contributed by atoms with Gasteiger partial charge in [0.2, 0.25) is 5.91 Å². The first-order valence-electron chi connectivity index (χ1n) is 9.92. The fourth-order valence-corrected chi connectivity index (χ4v) is 5.25. The van der Waals surface area contributed by atoms with Crippen LogP contribution in [0.1, 0.15) is 11.4 Å². The van der Waals surface area contributed by atoms with Crippen LogP contribution in [-0.4, -0.2) is 28.7 Å². The Morgan fingerprint density at radius 3 is 2.36 bits per heavy atom. The van der Waals surface area contributed by atoms with Crippen LogP contribution in [0.3, 0.4) is 0 Å². The fourth-order valence-electron chi connectivity index (χ4n) is 3.27. The van der Waals surface area contributed by atoms with Gasteiger partial charge in [-0.2, -0.15) is 0 Å². The number of aromatic nitrogens is 3. The van der Waals surface area contributed by atoms with Gasteiger partial charge in [-0.3, -0.25) is 19.0 Å². The summed E-state index contributed by atoms with van der Waals surface area (Å²) in [5.74, 6) is -0.427.